The van der Waals surface area contributed by atoms with Gasteiger partial charge in [-0.05, 0) is 32.9 Å². The molecule has 1 atom stereocenters. The summed E-state index contributed by atoms with van der Waals surface area (Å²) in [5, 5.41) is 0. The van der Waals surface area contributed by atoms with Crippen LogP contribution >= 0.6 is 0 Å². The molecule has 0 amide bonds. The second-order valence-corrected chi connectivity index (χ2v) is 4.06. The van der Waals surface area contributed by atoms with E-state index in [1.165, 1.54) is 19.4 Å². The van der Waals surface area contributed by atoms with E-state index in [1.54, 1.807) is 6.26 Å². The van der Waals surface area contributed by atoms with E-state index in [1.807, 2.05) is 6.92 Å². The third-order valence-electron chi connectivity index (χ3n) is 2.94. The molecule has 76 valence electrons. The smallest absolute Gasteiger partial charge is 0.201 e. The summed E-state index contributed by atoms with van der Waals surface area (Å²) in [6.07, 6.45) is 4.23. The Morgan fingerprint density at radius 3 is 3.14 bits per heavy atom. The first kappa shape index (κ1) is 9.78. The number of hydrogen-bond donors (Lipinski definition) is 0. The second kappa shape index (κ2) is 4.17. The fraction of sp³-hybridized carbons (Fsp3) is 0.700. The van der Waals surface area contributed by atoms with Crippen LogP contribution in [0.5, 0.6) is 0 Å². The van der Waals surface area contributed by atoms with E-state index < -0.39 is 0 Å². The molecule has 0 bridgehead atoms. The molecule has 1 saturated heterocycles. The monoisotopic (exact) mass is 192 g/mol. The largest absolute Gasteiger partial charge is 0.448 e. The summed E-state index contributed by atoms with van der Waals surface area (Å²) in [6.45, 7) is 6.53. The molecule has 1 fully saturated rings. The zero-order valence-corrected chi connectivity index (χ0v) is 8.99. The standard InChI is InChI=1S/C10H17BN2O/c1-8-7-14-10(12-8)9-4-3-5-13(6-9)11-2/h7,9,11H,3-6H2,1-2H3. The van der Waals surface area contributed by atoms with Crippen molar-refractivity contribution in [2.24, 2.45) is 0 Å². The molecular formula is C10H17BN2O. The van der Waals surface area contributed by atoms with Gasteiger partial charge in [-0.1, -0.05) is 6.82 Å². The van der Waals surface area contributed by atoms with Gasteiger partial charge < -0.3 is 9.23 Å². The molecule has 0 N–H and O–H groups in total. The van der Waals surface area contributed by atoms with Gasteiger partial charge >= 0.3 is 0 Å². The van der Waals surface area contributed by atoms with Crippen LogP contribution in [0.1, 0.15) is 30.3 Å². The molecule has 2 heterocycles. The highest BCUT2D eigenvalue weighted by Gasteiger charge is 2.23. The molecule has 2 rings (SSSR count). The number of aromatic nitrogens is 1. The Morgan fingerprint density at radius 2 is 2.50 bits per heavy atom. The van der Waals surface area contributed by atoms with Crippen molar-refractivity contribution in [1.82, 2.24) is 9.79 Å². The lowest BCUT2D eigenvalue weighted by Gasteiger charge is -2.29. The molecule has 0 saturated carbocycles. The normalized spacial score (nSPS) is 23.7. The maximum atomic E-state index is 5.46. The Kier molecular flexibility index (Phi) is 2.92. The van der Waals surface area contributed by atoms with Crippen LogP contribution in [0.3, 0.4) is 0 Å². The van der Waals surface area contributed by atoms with Crippen LogP contribution in [0.2, 0.25) is 6.82 Å². The van der Waals surface area contributed by atoms with Crippen molar-refractivity contribution in [3.8, 4) is 0 Å². The first-order valence-electron chi connectivity index (χ1n) is 5.44. The average Bonchev–Trinajstić information content (AvgIpc) is 2.65. The third kappa shape index (κ3) is 2.00. The van der Waals surface area contributed by atoms with Crippen LogP contribution in [-0.4, -0.2) is 30.3 Å². The molecule has 0 radical (unpaired) electrons. The Labute approximate surface area is 85.8 Å². The van der Waals surface area contributed by atoms with E-state index in [4.69, 9.17) is 4.42 Å². The summed E-state index contributed by atoms with van der Waals surface area (Å²) in [7, 11) is 1.14. The van der Waals surface area contributed by atoms with E-state index in [2.05, 4.69) is 16.6 Å². The molecule has 4 heteroatoms. The highest BCUT2D eigenvalue weighted by atomic mass is 16.3. The quantitative estimate of drug-likeness (QED) is 0.666. The predicted octanol–water partition coefficient (Wildman–Crippen LogP) is 1.56. The highest BCUT2D eigenvalue weighted by Crippen LogP contribution is 2.25. The number of hydrogen-bond acceptors (Lipinski definition) is 3. The molecule has 1 aromatic heterocycles. The molecule has 1 aromatic rings. The van der Waals surface area contributed by atoms with E-state index in [0.29, 0.717) is 5.92 Å². The van der Waals surface area contributed by atoms with Crippen molar-refractivity contribution >= 4 is 7.41 Å². The number of oxazole rings is 1. The van der Waals surface area contributed by atoms with Gasteiger partial charge in [-0.25, -0.2) is 4.98 Å². The number of nitrogens with zero attached hydrogens (tertiary/aromatic N) is 2. The zero-order valence-electron chi connectivity index (χ0n) is 8.99. The molecule has 0 aliphatic carbocycles. The minimum atomic E-state index is 0.511. The van der Waals surface area contributed by atoms with Crippen molar-refractivity contribution in [3.63, 3.8) is 0 Å². The number of aryl methyl sites for hydroxylation is 1. The predicted molar refractivity (Wildman–Crippen MR) is 57.8 cm³/mol. The topological polar surface area (TPSA) is 29.3 Å². The van der Waals surface area contributed by atoms with E-state index >= 15 is 0 Å². The lowest BCUT2D eigenvalue weighted by atomic mass is 9.88. The zero-order chi connectivity index (χ0) is 9.97. The SMILES string of the molecule is CBN1CCCC(c2nc(C)co2)C1. The van der Waals surface area contributed by atoms with Gasteiger partial charge in [0.1, 0.15) is 6.26 Å². The van der Waals surface area contributed by atoms with Crippen LogP contribution in [0.4, 0.5) is 0 Å². The summed E-state index contributed by atoms with van der Waals surface area (Å²) in [4.78, 5) is 6.88. The van der Waals surface area contributed by atoms with Gasteiger partial charge in [-0.3, -0.25) is 0 Å². The molecule has 0 spiro atoms. The first-order valence-corrected chi connectivity index (χ1v) is 5.44. The van der Waals surface area contributed by atoms with Gasteiger partial charge in [-0.2, -0.15) is 0 Å². The Bertz CT molecular complexity index is 300. The van der Waals surface area contributed by atoms with Gasteiger partial charge in [0, 0.05) is 5.92 Å². The summed E-state index contributed by atoms with van der Waals surface area (Å²) < 4.78 is 5.46. The minimum Gasteiger partial charge on any atom is -0.448 e. The van der Waals surface area contributed by atoms with Crippen LogP contribution in [0.25, 0.3) is 0 Å². The maximum Gasteiger partial charge on any atom is 0.201 e. The Balaban J connectivity index is 2.04. The van der Waals surface area contributed by atoms with Crippen molar-refractivity contribution in [3.05, 3.63) is 17.8 Å². The lowest BCUT2D eigenvalue weighted by Crippen LogP contribution is -2.35. The van der Waals surface area contributed by atoms with Gasteiger partial charge in [0.2, 0.25) is 7.41 Å². The van der Waals surface area contributed by atoms with Crippen molar-refractivity contribution in [2.75, 3.05) is 13.1 Å². The minimum absolute atomic E-state index is 0.511. The van der Waals surface area contributed by atoms with Crippen LogP contribution in [0, 0.1) is 6.92 Å². The van der Waals surface area contributed by atoms with Gasteiger partial charge in [-0.15, -0.1) is 0 Å². The summed E-state index contributed by atoms with van der Waals surface area (Å²) in [6, 6.07) is 0. The first-order chi connectivity index (χ1) is 6.79. The molecule has 0 aromatic carbocycles. The fourth-order valence-corrected chi connectivity index (χ4v) is 2.10. The molecular weight excluding hydrogens is 175 g/mol. The van der Waals surface area contributed by atoms with Gasteiger partial charge in [0.15, 0.2) is 5.89 Å². The molecule has 1 aliphatic rings. The van der Waals surface area contributed by atoms with Crippen molar-refractivity contribution < 1.29 is 4.42 Å². The molecule has 14 heavy (non-hydrogen) atoms. The van der Waals surface area contributed by atoms with Crippen LogP contribution in [0.15, 0.2) is 10.7 Å². The summed E-state index contributed by atoms with van der Waals surface area (Å²) in [5.41, 5.74) is 0.994. The van der Waals surface area contributed by atoms with Crippen LogP contribution < -0.4 is 0 Å². The number of piperidine rings is 1. The second-order valence-electron chi connectivity index (χ2n) is 4.06. The lowest BCUT2D eigenvalue weighted by molar-refractivity contribution is 0.290. The maximum absolute atomic E-state index is 5.46. The Hall–Kier alpha value is -0.765. The van der Waals surface area contributed by atoms with Crippen molar-refractivity contribution in [1.29, 1.82) is 0 Å². The molecule has 3 nitrogen and oxygen atoms in total. The summed E-state index contributed by atoms with van der Waals surface area (Å²) >= 11 is 0. The van der Waals surface area contributed by atoms with Gasteiger partial charge in [0.25, 0.3) is 0 Å². The molecule has 1 aliphatic heterocycles. The van der Waals surface area contributed by atoms with Crippen LogP contribution in [-0.2, 0) is 0 Å². The fourth-order valence-electron chi connectivity index (χ4n) is 2.10. The summed E-state index contributed by atoms with van der Waals surface area (Å²) in [5.74, 6) is 1.44. The highest BCUT2D eigenvalue weighted by molar-refractivity contribution is 6.29. The van der Waals surface area contributed by atoms with E-state index in [9.17, 15) is 0 Å². The van der Waals surface area contributed by atoms with E-state index in [0.717, 1.165) is 25.5 Å². The Morgan fingerprint density at radius 1 is 1.64 bits per heavy atom. The molecule has 1 unspecified atom stereocenters. The number of rotatable bonds is 2. The average molecular weight is 192 g/mol. The van der Waals surface area contributed by atoms with Crippen molar-refractivity contribution in [2.45, 2.75) is 32.5 Å². The van der Waals surface area contributed by atoms with E-state index in [-0.39, 0.29) is 0 Å². The third-order valence-corrected chi connectivity index (χ3v) is 2.94. The van der Waals surface area contributed by atoms with Gasteiger partial charge in [0.05, 0.1) is 5.69 Å².